The van der Waals surface area contributed by atoms with E-state index in [2.05, 4.69) is 20.4 Å². The fourth-order valence-electron chi connectivity index (χ4n) is 4.58. The lowest BCUT2D eigenvalue weighted by Crippen LogP contribution is -2.18. The molecule has 0 aliphatic heterocycles. The standard InChI is InChI=1S/C24H24F2N6O/c1-15-10-19(21(26)11-20(15)25)22-13-28-23(24-27-7-8-31(22)24)30-17-12-29-32(14-17)18-4-2-16(3-5-18)6-9-33/h7-14,16,18H,2-6H2,1H3,(H,28,30)/t16-,18-. The number of halogens is 2. The lowest BCUT2D eigenvalue weighted by Gasteiger charge is -2.27. The van der Waals surface area contributed by atoms with Crippen molar-refractivity contribution in [1.29, 1.82) is 0 Å². The molecule has 7 nitrogen and oxygen atoms in total. The first-order valence-corrected chi connectivity index (χ1v) is 11.1. The Hall–Kier alpha value is -3.62. The molecule has 1 fully saturated rings. The maximum atomic E-state index is 14.5. The Kier molecular flexibility index (Phi) is 5.62. The minimum absolute atomic E-state index is 0.258. The van der Waals surface area contributed by atoms with E-state index >= 15 is 0 Å². The Labute approximate surface area is 189 Å². The Bertz CT molecular complexity index is 1310. The number of anilines is 2. The molecule has 0 bridgehead atoms. The zero-order valence-corrected chi connectivity index (χ0v) is 18.2. The molecule has 0 spiro atoms. The van der Waals surface area contributed by atoms with Crippen molar-refractivity contribution in [3.05, 3.63) is 60.3 Å². The number of aldehydes is 1. The van der Waals surface area contributed by atoms with Gasteiger partial charge in [0.1, 0.15) is 17.9 Å². The highest BCUT2D eigenvalue weighted by molar-refractivity contribution is 5.74. The first-order chi connectivity index (χ1) is 16.0. The van der Waals surface area contributed by atoms with E-state index in [1.165, 1.54) is 6.07 Å². The molecule has 33 heavy (non-hydrogen) atoms. The number of benzene rings is 1. The summed E-state index contributed by atoms with van der Waals surface area (Å²) in [7, 11) is 0. The summed E-state index contributed by atoms with van der Waals surface area (Å²) in [5.74, 6) is -0.242. The minimum atomic E-state index is -0.653. The van der Waals surface area contributed by atoms with Gasteiger partial charge in [-0.2, -0.15) is 5.10 Å². The van der Waals surface area contributed by atoms with E-state index in [1.807, 2.05) is 10.9 Å². The highest BCUT2D eigenvalue weighted by Gasteiger charge is 2.23. The summed E-state index contributed by atoms with van der Waals surface area (Å²) in [5, 5.41) is 7.77. The van der Waals surface area contributed by atoms with Gasteiger partial charge < -0.3 is 10.1 Å². The molecule has 0 radical (unpaired) electrons. The lowest BCUT2D eigenvalue weighted by molar-refractivity contribution is -0.108. The molecular formula is C24H24F2N6O. The van der Waals surface area contributed by atoms with Gasteiger partial charge in [-0.3, -0.25) is 9.08 Å². The second-order valence-corrected chi connectivity index (χ2v) is 8.61. The summed E-state index contributed by atoms with van der Waals surface area (Å²) in [6.45, 7) is 1.60. The number of carbonyl (C=O) groups excluding carboxylic acids is 1. The van der Waals surface area contributed by atoms with Crippen LogP contribution in [-0.4, -0.2) is 30.4 Å². The van der Waals surface area contributed by atoms with Crippen LogP contribution in [0.3, 0.4) is 0 Å². The summed E-state index contributed by atoms with van der Waals surface area (Å²) in [6, 6.07) is 2.68. The topological polar surface area (TPSA) is 77.1 Å². The normalized spacial score (nSPS) is 18.5. The van der Waals surface area contributed by atoms with Gasteiger partial charge in [-0.1, -0.05) is 0 Å². The third-order valence-corrected chi connectivity index (χ3v) is 6.44. The quantitative estimate of drug-likeness (QED) is 0.407. The summed E-state index contributed by atoms with van der Waals surface area (Å²) < 4.78 is 31.9. The van der Waals surface area contributed by atoms with E-state index < -0.39 is 11.6 Å². The Morgan fingerprint density at radius 2 is 1.94 bits per heavy atom. The number of imidazole rings is 1. The van der Waals surface area contributed by atoms with E-state index in [4.69, 9.17) is 0 Å². The molecule has 0 unspecified atom stereocenters. The summed E-state index contributed by atoms with van der Waals surface area (Å²) in [4.78, 5) is 19.6. The molecule has 3 aromatic heterocycles. The first kappa shape index (κ1) is 21.2. The zero-order valence-electron chi connectivity index (χ0n) is 18.2. The maximum absolute atomic E-state index is 14.5. The van der Waals surface area contributed by atoms with Gasteiger partial charge in [-0.15, -0.1) is 0 Å². The molecule has 0 atom stereocenters. The maximum Gasteiger partial charge on any atom is 0.180 e. The molecule has 170 valence electrons. The van der Waals surface area contributed by atoms with Gasteiger partial charge in [0.25, 0.3) is 0 Å². The summed E-state index contributed by atoms with van der Waals surface area (Å²) >= 11 is 0. The van der Waals surface area contributed by atoms with Gasteiger partial charge >= 0.3 is 0 Å². The van der Waals surface area contributed by atoms with Crippen LogP contribution in [-0.2, 0) is 4.79 Å². The van der Waals surface area contributed by atoms with Crippen molar-refractivity contribution in [2.24, 2.45) is 5.92 Å². The van der Waals surface area contributed by atoms with Crippen LogP contribution in [0.25, 0.3) is 16.9 Å². The zero-order chi connectivity index (χ0) is 22.9. The van der Waals surface area contributed by atoms with Crippen LogP contribution in [0.1, 0.15) is 43.7 Å². The largest absolute Gasteiger partial charge is 0.335 e. The molecule has 5 rings (SSSR count). The number of rotatable bonds is 6. The SMILES string of the molecule is Cc1cc(-c2cnc(Nc3cnn([C@H]4CC[C@H](CC=O)CC4)c3)c3nccn23)c(F)cc1F. The van der Waals surface area contributed by atoms with Gasteiger partial charge in [-0.25, -0.2) is 18.7 Å². The summed E-state index contributed by atoms with van der Waals surface area (Å²) in [5.41, 5.74) is 2.40. The molecular weight excluding hydrogens is 426 g/mol. The Balaban J connectivity index is 1.38. The van der Waals surface area contributed by atoms with E-state index in [0.717, 1.165) is 43.7 Å². The number of aryl methyl sites for hydroxylation is 1. The highest BCUT2D eigenvalue weighted by Crippen LogP contribution is 2.34. The number of hydrogen-bond donors (Lipinski definition) is 1. The van der Waals surface area contributed by atoms with Crippen molar-refractivity contribution >= 4 is 23.4 Å². The van der Waals surface area contributed by atoms with Crippen LogP contribution in [0.4, 0.5) is 20.3 Å². The molecule has 1 saturated carbocycles. The number of nitrogens with one attached hydrogen (secondary N) is 1. The third-order valence-electron chi connectivity index (χ3n) is 6.44. The number of fused-ring (bicyclic) bond motifs is 1. The van der Waals surface area contributed by atoms with Crippen molar-refractivity contribution in [3.8, 4) is 11.3 Å². The molecule has 0 amide bonds. The van der Waals surface area contributed by atoms with Gasteiger partial charge in [0.15, 0.2) is 11.5 Å². The molecule has 1 aromatic carbocycles. The van der Waals surface area contributed by atoms with E-state index in [1.54, 1.807) is 36.1 Å². The second kappa shape index (κ2) is 8.73. The average molecular weight is 450 g/mol. The van der Waals surface area contributed by atoms with Crippen molar-refractivity contribution in [3.63, 3.8) is 0 Å². The molecule has 1 aliphatic rings. The second-order valence-electron chi connectivity index (χ2n) is 8.61. The van der Waals surface area contributed by atoms with Crippen molar-refractivity contribution in [1.82, 2.24) is 24.1 Å². The Morgan fingerprint density at radius 1 is 1.12 bits per heavy atom. The fraction of sp³-hybridized carbons (Fsp3) is 0.333. The van der Waals surface area contributed by atoms with Crippen LogP contribution >= 0.6 is 0 Å². The van der Waals surface area contributed by atoms with Crippen LogP contribution in [0.5, 0.6) is 0 Å². The first-order valence-electron chi connectivity index (χ1n) is 11.1. The average Bonchev–Trinajstić information content (AvgIpc) is 3.48. The molecule has 1 N–H and O–H groups in total. The van der Waals surface area contributed by atoms with E-state index in [-0.39, 0.29) is 5.56 Å². The molecule has 4 aromatic rings. The molecule has 1 aliphatic carbocycles. The number of carbonyl (C=O) groups is 1. The van der Waals surface area contributed by atoms with Gasteiger partial charge in [0.2, 0.25) is 0 Å². The van der Waals surface area contributed by atoms with E-state index in [9.17, 15) is 13.6 Å². The highest BCUT2D eigenvalue weighted by atomic mass is 19.1. The van der Waals surface area contributed by atoms with Crippen molar-refractivity contribution in [2.75, 3.05) is 5.32 Å². The van der Waals surface area contributed by atoms with Gasteiger partial charge in [0, 0.05) is 36.6 Å². The number of hydrogen-bond acceptors (Lipinski definition) is 5. The monoisotopic (exact) mass is 450 g/mol. The molecule has 9 heteroatoms. The predicted molar refractivity (Wildman–Crippen MR) is 120 cm³/mol. The molecule has 3 heterocycles. The van der Waals surface area contributed by atoms with Crippen LogP contribution in [0.15, 0.2) is 43.1 Å². The number of nitrogens with zero attached hydrogens (tertiary/aromatic N) is 5. The lowest BCUT2D eigenvalue weighted by atomic mass is 9.84. The van der Waals surface area contributed by atoms with Crippen molar-refractivity contribution in [2.45, 2.75) is 45.1 Å². The van der Waals surface area contributed by atoms with E-state index in [0.29, 0.717) is 41.1 Å². The number of aromatic nitrogens is 5. The van der Waals surface area contributed by atoms with Crippen LogP contribution < -0.4 is 5.32 Å². The predicted octanol–water partition coefficient (Wildman–Crippen LogP) is 5.24. The smallest absolute Gasteiger partial charge is 0.180 e. The Morgan fingerprint density at radius 3 is 2.73 bits per heavy atom. The summed E-state index contributed by atoms with van der Waals surface area (Å²) in [6.07, 6.45) is 14.3. The fourth-order valence-corrected chi connectivity index (χ4v) is 4.58. The third kappa shape index (κ3) is 4.10. The van der Waals surface area contributed by atoms with Crippen LogP contribution in [0, 0.1) is 24.5 Å². The van der Waals surface area contributed by atoms with Crippen molar-refractivity contribution < 1.29 is 13.6 Å². The van der Waals surface area contributed by atoms with Gasteiger partial charge in [0.05, 0.1) is 29.8 Å². The van der Waals surface area contributed by atoms with Gasteiger partial charge in [-0.05, 0) is 50.2 Å². The minimum Gasteiger partial charge on any atom is -0.335 e. The van der Waals surface area contributed by atoms with Crippen LogP contribution in [0.2, 0.25) is 0 Å². The molecule has 0 saturated heterocycles.